The van der Waals surface area contributed by atoms with Gasteiger partial charge in [-0.2, -0.15) is 0 Å². The summed E-state index contributed by atoms with van der Waals surface area (Å²) in [6, 6.07) is 0. The lowest BCUT2D eigenvalue weighted by atomic mass is 10.1. The Morgan fingerprint density at radius 1 is 1.38 bits per heavy atom. The lowest BCUT2D eigenvalue weighted by Gasteiger charge is -1.96. The minimum absolute atomic E-state index is 0.991. The third-order valence-corrected chi connectivity index (χ3v) is 2.53. The van der Waals surface area contributed by atoms with Gasteiger partial charge in [0, 0.05) is 0 Å². The van der Waals surface area contributed by atoms with Gasteiger partial charge in [-0.05, 0) is 38.0 Å². The molecule has 0 aromatic carbocycles. The summed E-state index contributed by atoms with van der Waals surface area (Å²) in [5, 5.41) is 15.8. The van der Waals surface area contributed by atoms with Gasteiger partial charge in [-0.3, -0.25) is 0 Å². The maximum Gasteiger partial charge on any atom is 0.332 e. The SMILES string of the molecule is C1=CC2CCC1C2.CC(O)C(=O)O. The van der Waals surface area contributed by atoms with Crippen LogP contribution in [0.3, 0.4) is 0 Å². The Bertz CT molecular complexity index is 196. The van der Waals surface area contributed by atoms with Crippen molar-refractivity contribution in [3.63, 3.8) is 0 Å². The van der Waals surface area contributed by atoms with E-state index in [2.05, 4.69) is 12.2 Å². The largest absolute Gasteiger partial charge is 0.479 e. The van der Waals surface area contributed by atoms with E-state index in [4.69, 9.17) is 10.2 Å². The van der Waals surface area contributed by atoms with E-state index < -0.39 is 12.1 Å². The summed E-state index contributed by atoms with van der Waals surface area (Å²) in [6.07, 6.45) is 7.95. The van der Waals surface area contributed by atoms with Gasteiger partial charge in [0.25, 0.3) is 0 Å². The van der Waals surface area contributed by atoms with E-state index in [0.29, 0.717) is 0 Å². The second kappa shape index (κ2) is 4.42. The zero-order valence-electron chi connectivity index (χ0n) is 7.81. The van der Waals surface area contributed by atoms with Crippen LogP contribution in [0.15, 0.2) is 12.2 Å². The molecule has 1 fully saturated rings. The lowest BCUT2D eigenvalue weighted by molar-refractivity contribution is -0.145. The van der Waals surface area contributed by atoms with E-state index in [-0.39, 0.29) is 0 Å². The van der Waals surface area contributed by atoms with Gasteiger partial charge in [0.05, 0.1) is 0 Å². The molecule has 2 aliphatic carbocycles. The first-order valence-electron chi connectivity index (χ1n) is 4.68. The molecule has 0 spiro atoms. The Kier molecular flexibility index (Phi) is 3.48. The van der Waals surface area contributed by atoms with Crippen molar-refractivity contribution in [3.05, 3.63) is 12.2 Å². The van der Waals surface area contributed by atoms with Crippen LogP contribution < -0.4 is 0 Å². The molecule has 0 saturated heterocycles. The highest BCUT2D eigenvalue weighted by molar-refractivity contribution is 5.71. The quantitative estimate of drug-likeness (QED) is 0.606. The van der Waals surface area contributed by atoms with Crippen molar-refractivity contribution in [2.45, 2.75) is 32.3 Å². The van der Waals surface area contributed by atoms with Gasteiger partial charge in [0.1, 0.15) is 6.10 Å². The number of fused-ring (bicyclic) bond motifs is 2. The van der Waals surface area contributed by atoms with Crippen LogP contribution >= 0.6 is 0 Å². The summed E-state index contributed by atoms with van der Waals surface area (Å²) in [5.74, 6) is 0.796. The maximum atomic E-state index is 9.45. The first-order valence-corrected chi connectivity index (χ1v) is 4.68. The highest BCUT2D eigenvalue weighted by Gasteiger charge is 2.25. The smallest absolute Gasteiger partial charge is 0.332 e. The molecule has 2 bridgehead atoms. The van der Waals surface area contributed by atoms with Crippen LogP contribution in [0.2, 0.25) is 0 Å². The van der Waals surface area contributed by atoms with Crippen molar-refractivity contribution in [2.24, 2.45) is 11.8 Å². The molecule has 0 aromatic heterocycles. The summed E-state index contributed by atoms with van der Waals surface area (Å²) < 4.78 is 0. The maximum absolute atomic E-state index is 9.45. The summed E-state index contributed by atoms with van der Waals surface area (Å²) in [7, 11) is 0. The number of hydrogen-bond acceptors (Lipinski definition) is 2. The Balaban J connectivity index is 0.000000133. The number of aliphatic carboxylic acids is 1. The van der Waals surface area contributed by atoms with Crippen LogP contribution in [-0.4, -0.2) is 22.3 Å². The van der Waals surface area contributed by atoms with Crippen LogP contribution in [0.1, 0.15) is 26.2 Å². The van der Waals surface area contributed by atoms with Gasteiger partial charge in [-0.15, -0.1) is 0 Å². The first kappa shape index (κ1) is 10.3. The average molecular weight is 184 g/mol. The van der Waals surface area contributed by atoms with E-state index in [1.165, 1.54) is 26.2 Å². The van der Waals surface area contributed by atoms with Crippen LogP contribution in [0, 0.1) is 11.8 Å². The fourth-order valence-corrected chi connectivity index (χ4v) is 1.72. The molecule has 3 nitrogen and oxygen atoms in total. The molecule has 2 rings (SSSR count). The fourth-order valence-electron chi connectivity index (χ4n) is 1.72. The molecule has 0 amide bonds. The number of carboxylic acids is 1. The molecule has 2 N–H and O–H groups in total. The molecular formula is C10H16O3. The summed E-state index contributed by atoms with van der Waals surface area (Å²) >= 11 is 0. The minimum atomic E-state index is -1.23. The zero-order chi connectivity index (χ0) is 9.84. The number of allylic oxidation sites excluding steroid dienone is 2. The minimum Gasteiger partial charge on any atom is -0.479 e. The Labute approximate surface area is 78.1 Å². The zero-order valence-corrected chi connectivity index (χ0v) is 7.81. The topological polar surface area (TPSA) is 57.5 Å². The number of hydrogen-bond donors (Lipinski definition) is 2. The van der Waals surface area contributed by atoms with Crippen LogP contribution in [0.25, 0.3) is 0 Å². The van der Waals surface area contributed by atoms with E-state index in [1.54, 1.807) is 0 Å². The average Bonchev–Trinajstić information content (AvgIpc) is 2.67. The Hall–Kier alpha value is -0.830. The van der Waals surface area contributed by atoms with Gasteiger partial charge in [-0.25, -0.2) is 4.79 Å². The molecule has 1 saturated carbocycles. The second-order valence-corrected chi connectivity index (χ2v) is 3.73. The number of carbonyl (C=O) groups is 1. The third kappa shape index (κ3) is 3.19. The van der Waals surface area contributed by atoms with E-state index in [9.17, 15) is 4.79 Å². The highest BCUT2D eigenvalue weighted by atomic mass is 16.4. The van der Waals surface area contributed by atoms with Crippen molar-refractivity contribution >= 4 is 5.97 Å². The molecule has 0 radical (unpaired) electrons. The molecule has 13 heavy (non-hydrogen) atoms. The number of aliphatic hydroxyl groups excluding tert-OH is 1. The van der Waals surface area contributed by atoms with Crippen LogP contribution in [0.5, 0.6) is 0 Å². The second-order valence-electron chi connectivity index (χ2n) is 3.73. The molecule has 0 heterocycles. The van der Waals surface area contributed by atoms with Gasteiger partial charge < -0.3 is 10.2 Å². The molecule has 3 heteroatoms. The van der Waals surface area contributed by atoms with Crippen molar-refractivity contribution < 1.29 is 15.0 Å². The highest BCUT2D eigenvalue weighted by Crippen LogP contribution is 2.38. The molecule has 0 aliphatic heterocycles. The van der Waals surface area contributed by atoms with Gasteiger partial charge in [-0.1, -0.05) is 12.2 Å². The van der Waals surface area contributed by atoms with E-state index >= 15 is 0 Å². The van der Waals surface area contributed by atoms with E-state index in [1.807, 2.05) is 0 Å². The molecule has 2 aliphatic rings. The summed E-state index contributed by atoms with van der Waals surface area (Å²) in [5.41, 5.74) is 0. The predicted molar refractivity (Wildman–Crippen MR) is 49.3 cm³/mol. The predicted octanol–water partition coefficient (Wildman–Crippen LogP) is 1.42. The van der Waals surface area contributed by atoms with Crippen molar-refractivity contribution in [2.75, 3.05) is 0 Å². The monoisotopic (exact) mass is 184 g/mol. The Morgan fingerprint density at radius 3 is 1.85 bits per heavy atom. The molecular weight excluding hydrogens is 168 g/mol. The molecule has 0 aromatic rings. The molecule has 3 atom stereocenters. The number of rotatable bonds is 1. The Morgan fingerprint density at radius 2 is 1.77 bits per heavy atom. The molecule has 74 valence electrons. The first-order chi connectivity index (χ1) is 6.09. The van der Waals surface area contributed by atoms with E-state index in [0.717, 1.165) is 11.8 Å². The summed E-state index contributed by atoms with van der Waals surface area (Å²) in [6.45, 7) is 1.20. The normalized spacial score (nSPS) is 30.9. The molecule has 3 unspecified atom stereocenters. The van der Waals surface area contributed by atoms with Crippen molar-refractivity contribution in [3.8, 4) is 0 Å². The van der Waals surface area contributed by atoms with Crippen LogP contribution in [0.4, 0.5) is 0 Å². The fraction of sp³-hybridized carbons (Fsp3) is 0.700. The third-order valence-electron chi connectivity index (χ3n) is 2.53. The number of carboxylic acid groups (broad SMARTS) is 1. The van der Waals surface area contributed by atoms with Gasteiger partial charge >= 0.3 is 5.97 Å². The number of aliphatic hydroxyl groups is 1. The lowest BCUT2D eigenvalue weighted by Crippen LogP contribution is -2.13. The van der Waals surface area contributed by atoms with Gasteiger partial charge in [0.15, 0.2) is 0 Å². The standard InChI is InChI=1S/C7H10.C3H6O3/c1-2-7-4-3-6(1)5-7;1-2(4)3(5)6/h1-2,6-7H,3-5H2;2,4H,1H3,(H,5,6). The summed E-state index contributed by atoms with van der Waals surface area (Å²) in [4.78, 5) is 9.45. The van der Waals surface area contributed by atoms with Gasteiger partial charge in [0.2, 0.25) is 0 Å². The van der Waals surface area contributed by atoms with Crippen LogP contribution in [-0.2, 0) is 4.79 Å². The van der Waals surface area contributed by atoms with Crippen molar-refractivity contribution in [1.82, 2.24) is 0 Å². The van der Waals surface area contributed by atoms with Crippen molar-refractivity contribution in [1.29, 1.82) is 0 Å².